The van der Waals surface area contributed by atoms with Crippen molar-refractivity contribution in [1.82, 2.24) is 0 Å². The molecule has 0 saturated heterocycles. The maximum Gasteiger partial charge on any atom is 0.0577 e. The molecule has 29 heavy (non-hydrogen) atoms. The van der Waals surface area contributed by atoms with Crippen LogP contribution in [0.3, 0.4) is 0 Å². The maximum absolute atomic E-state index is 5.80. The highest BCUT2D eigenvalue weighted by atomic mass is 16.5. The van der Waals surface area contributed by atoms with Gasteiger partial charge in [0.2, 0.25) is 0 Å². The summed E-state index contributed by atoms with van der Waals surface area (Å²) in [7, 11) is 0. The predicted molar refractivity (Wildman–Crippen MR) is 121 cm³/mol. The highest BCUT2D eigenvalue weighted by Crippen LogP contribution is 2.56. The van der Waals surface area contributed by atoms with Gasteiger partial charge in [0.15, 0.2) is 0 Å². The molecule has 168 valence electrons. The van der Waals surface area contributed by atoms with E-state index in [0.717, 1.165) is 61.2 Å². The van der Waals surface area contributed by atoms with E-state index in [1.54, 1.807) is 6.42 Å². The Morgan fingerprint density at radius 1 is 0.586 bits per heavy atom. The van der Waals surface area contributed by atoms with E-state index in [-0.39, 0.29) is 0 Å². The lowest BCUT2D eigenvalue weighted by Crippen LogP contribution is -2.46. The molecule has 0 spiro atoms. The SMILES string of the molecule is CCOC1CCCC(C2CCCCC2)C1.CCOCC1C2CC3CC(C2)CC1C3. The van der Waals surface area contributed by atoms with E-state index >= 15 is 0 Å². The van der Waals surface area contributed by atoms with E-state index in [1.165, 1.54) is 83.5 Å². The molecule has 2 nitrogen and oxygen atoms in total. The molecule has 0 heterocycles. The summed E-state index contributed by atoms with van der Waals surface area (Å²) in [6, 6.07) is 0. The van der Waals surface area contributed by atoms with Gasteiger partial charge in [0.25, 0.3) is 0 Å². The van der Waals surface area contributed by atoms with Gasteiger partial charge in [-0.25, -0.2) is 0 Å². The van der Waals surface area contributed by atoms with Crippen LogP contribution in [0.1, 0.15) is 104 Å². The van der Waals surface area contributed by atoms with Crippen molar-refractivity contribution in [3.63, 3.8) is 0 Å². The van der Waals surface area contributed by atoms with Crippen molar-refractivity contribution < 1.29 is 9.47 Å². The Morgan fingerprint density at radius 3 is 1.86 bits per heavy atom. The van der Waals surface area contributed by atoms with Crippen LogP contribution in [-0.4, -0.2) is 25.9 Å². The molecule has 6 aliphatic carbocycles. The largest absolute Gasteiger partial charge is 0.381 e. The Balaban J connectivity index is 0.000000141. The second-order valence-corrected chi connectivity index (χ2v) is 11.2. The summed E-state index contributed by atoms with van der Waals surface area (Å²) in [5.41, 5.74) is 0. The lowest BCUT2D eigenvalue weighted by atomic mass is 9.52. The molecule has 0 aliphatic heterocycles. The van der Waals surface area contributed by atoms with Crippen LogP contribution in [0.25, 0.3) is 0 Å². The molecule has 2 atom stereocenters. The normalized spacial score (nSPS) is 41.8. The summed E-state index contributed by atoms with van der Waals surface area (Å²) >= 11 is 0. The van der Waals surface area contributed by atoms with E-state index < -0.39 is 0 Å². The molecule has 2 unspecified atom stereocenters. The average molecular weight is 405 g/mol. The molecule has 0 aromatic rings. The second-order valence-electron chi connectivity index (χ2n) is 11.2. The molecule has 6 fully saturated rings. The Hall–Kier alpha value is -0.0800. The van der Waals surface area contributed by atoms with Gasteiger partial charge in [-0.3, -0.25) is 0 Å². The van der Waals surface area contributed by atoms with Crippen molar-refractivity contribution in [3.8, 4) is 0 Å². The monoisotopic (exact) mass is 404 g/mol. The van der Waals surface area contributed by atoms with Crippen LogP contribution in [-0.2, 0) is 9.47 Å². The van der Waals surface area contributed by atoms with Gasteiger partial charge in [0.1, 0.15) is 0 Å². The van der Waals surface area contributed by atoms with Gasteiger partial charge < -0.3 is 9.47 Å². The smallest absolute Gasteiger partial charge is 0.0577 e. The molecule has 2 heteroatoms. The van der Waals surface area contributed by atoms with Crippen LogP contribution in [0.15, 0.2) is 0 Å². The minimum atomic E-state index is 0.593. The minimum Gasteiger partial charge on any atom is -0.381 e. The molecule has 0 aromatic carbocycles. The zero-order chi connectivity index (χ0) is 20.1. The van der Waals surface area contributed by atoms with Crippen molar-refractivity contribution in [2.45, 2.75) is 110 Å². The first-order chi connectivity index (χ1) is 14.3. The lowest BCUT2D eigenvalue weighted by molar-refractivity contribution is -0.0699. The fourth-order valence-electron chi connectivity index (χ4n) is 8.17. The molecular formula is C27H48O2. The van der Waals surface area contributed by atoms with Gasteiger partial charge >= 0.3 is 0 Å². The van der Waals surface area contributed by atoms with Crippen LogP contribution in [0.5, 0.6) is 0 Å². The molecule has 0 radical (unpaired) electrons. The summed E-state index contributed by atoms with van der Waals surface area (Å²) in [5, 5.41) is 0. The quantitative estimate of drug-likeness (QED) is 0.464. The van der Waals surface area contributed by atoms with Gasteiger partial charge in [-0.05, 0) is 107 Å². The summed E-state index contributed by atoms with van der Waals surface area (Å²) in [4.78, 5) is 0. The number of ether oxygens (including phenoxy) is 2. The van der Waals surface area contributed by atoms with Crippen LogP contribution >= 0.6 is 0 Å². The van der Waals surface area contributed by atoms with E-state index in [2.05, 4.69) is 13.8 Å². The third-order valence-corrected chi connectivity index (χ3v) is 9.32. The molecule has 4 bridgehead atoms. The second kappa shape index (κ2) is 11.0. The molecule has 0 aromatic heterocycles. The van der Waals surface area contributed by atoms with Crippen LogP contribution in [0.4, 0.5) is 0 Å². The first kappa shape index (κ1) is 22.1. The summed E-state index contributed by atoms with van der Waals surface area (Å²) in [6.45, 7) is 7.12. The van der Waals surface area contributed by atoms with Gasteiger partial charge in [-0.1, -0.05) is 38.5 Å². The number of rotatable bonds is 6. The van der Waals surface area contributed by atoms with Crippen molar-refractivity contribution in [3.05, 3.63) is 0 Å². The van der Waals surface area contributed by atoms with Gasteiger partial charge in [0, 0.05) is 19.8 Å². The van der Waals surface area contributed by atoms with E-state index in [1.807, 2.05) is 0 Å². The maximum atomic E-state index is 5.80. The average Bonchev–Trinajstić information content (AvgIpc) is 2.74. The molecule has 0 amide bonds. The zero-order valence-electron chi connectivity index (χ0n) is 19.5. The van der Waals surface area contributed by atoms with Crippen LogP contribution < -0.4 is 0 Å². The Labute approximate surface area is 180 Å². The first-order valence-corrected chi connectivity index (χ1v) is 13.5. The summed E-state index contributed by atoms with van der Waals surface area (Å²) in [6.07, 6.45) is 21.3. The topological polar surface area (TPSA) is 18.5 Å². The summed E-state index contributed by atoms with van der Waals surface area (Å²) in [5.74, 6) is 7.27. The zero-order valence-corrected chi connectivity index (χ0v) is 19.5. The highest BCUT2D eigenvalue weighted by molar-refractivity contribution is 4.97. The fourth-order valence-corrected chi connectivity index (χ4v) is 8.17. The molecule has 6 rings (SSSR count). The van der Waals surface area contributed by atoms with Crippen molar-refractivity contribution >= 4 is 0 Å². The van der Waals surface area contributed by atoms with Crippen LogP contribution in [0.2, 0.25) is 0 Å². The van der Waals surface area contributed by atoms with Gasteiger partial charge in [-0.2, -0.15) is 0 Å². The molecule has 0 N–H and O–H groups in total. The van der Waals surface area contributed by atoms with Crippen molar-refractivity contribution in [1.29, 1.82) is 0 Å². The van der Waals surface area contributed by atoms with E-state index in [0.29, 0.717) is 6.10 Å². The van der Waals surface area contributed by atoms with Crippen LogP contribution in [0, 0.1) is 41.4 Å². The third kappa shape index (κ3) is 5.79. The third-order valence-electron chi connectivity index (χ3n) is 9.32. The van der Waals surface area contributed by atoms with Crippen molar-refractivity contribution in [2.75, 3.05) is 19.8 Å². The Bertz CT molecular complexity index is 439. The standard InChI is InChI=1S/C14H26O.C13H22O/c1-2-15-14-10-6-9-13(11-14)12-7-4-3-5-8-12;1-2-14-8-13-11-4-9-3-10(6-11)7-12(13)5-9/h12-14H,2-11H2,1H3;9-13H,2-8H2,1H3. The van der Waals surface area contributed by atoms with E-state index in [4.69, 9.17) is 9.47 Å². The molecule has 6 aliphatic rings. The molecular weight excluding hydrogens is 356 g/mol. The first-order valence-electron chi connectivity index (χ1n) is 13.5. The lowest BCUT2D eigenvalue weighted by Gasteiger charge is -2.54. The number of hydrogen-bond acceptors (Lipinski definition) is 2. The Morgan fingerprint density at radius 2 is 1.24 bits per heavy atom. The highest BCUT2D eigenvalue weighted by Gasteiger charge is 2.47. The molecule has 6 saturated carbocycles. The fraction of sp³-hybridized carbons (Fsp3) is 1.00. The van der Waals surface area contributed by atoms with Gasteiger partial charge in [0.05, 0.1) is 6.10 Å². The van der Waals surface area contributed by atoms with Gasteiger partial charge in [-0.15, -0.1) is 0 Å². The van der Waals surface area contributed by atoms with E-state index in [9.17, 15) is 0 Å². The summed E-state index contributed by atoms with van der Waals surface area (Å²) < 4.78 is 11.5. The minimum absolute atomic E-state index is 0.593. The predicted octanol–water partition coefficient (Wildman–Crippen LogP) is 7.26. The van der Waals surface area contributed by atoms with Crippen molar-refractivity contribution in [2.24, 2.45) is 41.4 Å². The Kier molecular flexibility index (Phi) is 8.38. The number of hydrogen-bond donors (Lipinski definition) is 0.